The minimum atomic E-state index is -3.21. The first-order valence-electron chi connectivity index (χ1n) is 7.89. The van der Waals surface area contributed by atoms with E-state index in [1.54, 1.807) is 24.3 Å². The third-order valence-electron chi connectivity index (χ3n) is 3.75. The van der Waals surface area contributed by atoms with E-state index < -0.39 is 10.0 Å². The lowest BCUT2D eigenvalue weighted by atomic mass is 10.1. The predicted octanol–water partition coefficient (Wildman–Crippen LogP) is 2.49. The number of nitrogens with zero attached hydrogens (tertiary/aromatic N) is 2. The maximum Gasteiger partial charge on any atom is 0.253 e. The van der Waals surface area contributed by atoms with E-state index in [2.05, 4.69) is 0 Å². The van der Waals surface area contributed by atoms with Crippen LogP contribution in [-0.2, 0) is 10.0 Å². The maximum absolute atomic E-state index is 12.6. The molecule has 0 unspecified atom stereocenters. The zero-order valence-electron chi connectivity index (χ0n) is 13.3. The molecule has 1 aliphatic heterocycles. The smallest absolute Gasteiger partial charge is 0.253 e. The number of carbonyl (C=O) groups excluding carboxylic acids is 1. The summed E-state index contributed by atoms with van der Waals surface area (Å²) in [5, 5.41) is 0. The Hall–Kier alpha value is -1.56. The van der Waals surface area contributed by atoms with Crippen LogP contribution in [-0.4, -0.2) is 44.6 Å². The van der Waals surface area contributed by atoms with E-state index in [0.29, 0.717) is 24.2 Å². The highest BCUT2D eigenvalue weighted by atomic mass is 32.2. The Balaban J connectivity index is 2.26. The van der Waals surface area contributed by atoms with Gasteiger partial charge in [0.1, 0.15) is 0 Å². The Kier molecular flexibility index (Phi) is 5.45. The van der Waals surface area contributed by atoms with E-state index in [-0.39, 0.29) is 11.7 Å². The molecule has 0 radical (unpaired) electrons. The minimum absolute atomic E-state index is 0.0258. The Bertz CT molecular complexity index is 622. The average Bonchev–Trinajstić information content (AvgIpc) is 2.86. The quantitative estimate of drug-likeness (QED) is 0.808. The molecule has 1 aromatic carbocycles. The molecule has 1 aliphatic rings. The lowest BCUT2D eigenvalue weighted by Crippen LogP contribution is -2.32. The molecule has 22 heavy (non-hydrogen) atoms. The summed E-state index contributed by atoms with van der Waals surface area (Å²) >= 11 is 0. The van der Waals surface area contributed by atoms with Gasteiger partial charge < -0.3 is 4.90 Å². The summed E-state index contributed by atoms with van der Waals surface area (Å²) < 4.78 is 25.4. The number of rotatable bonds is 6. The van der Waals surface area contributed by atoms with Gasteiger partial charge in [-0.25, -0.2) is 8.42 Å². The molecule has 6 heteroatoms. The van der Waals surface area contributed by atoms with Crippen LogP contribution in [0.3, 0.4) is 0 Å². The van der Waals surface area contributed by atoms with Crippen LogP contribution in [0.5, 0.6) is 0 Å². The van der Waals surface area contributed by atoms with Crippen LogP contribution in [0.1, 0.15) is 43.5 Å². The topological polar surface area (TPSA) is 57.7 Å². The summed E-state index contributed by atoms with van der Waals surface area (Å²) in [6, 6.07) is 6.96. The predicted molar refractivity (Wildman–Crippen MR) is 88.7 cm³/mol. The Labute approximate surface area is 133 Å². The molecular formula is C16H24N2O3S. The summed E-state index contributed by atoms with van der Waals surface area (Å²) in [4.78, 5) is 14.4. The van der Waals surface area contributed by atoms with Gasteiger partial charge in [-0.1, -0.05) is 19.9 Å². The molecule has 0 N–H and O–H groups in total. The fraction of sp³-hybridized carbons (Fsp3) is 0.562. The third kappa shape index (κ3) is 3.61. The van der Waals surface area contributed by atoms with Crippen LogP contribution >= 0.6 is 0 Å². The van der Waals surface area contributed by atoms with E-state index in [1.807, 2.05) is 18.7 Å². The molecule has 122 valence electrons. The van der Waals surface area contributed by atoms with Gasteiger partial charge in [0.05, 0.1) is 11.4 Å². The summed E-state index contributed by atoms with van der Waals surface area (Å²) in [7, 11) is -3.21. The fourth-order valence-electron chi connectivity index (χ4n) is 2.76. The van der Waals surface area contributed by atoms with E-state index in [1.165, 1.54) is 4.31 Å². The standard InChI is InChI=1S/C16H24N2O3S/c1-3-9-17(10-4-2)16(19)14-7-5-8-15(13-14)18-11-6-12-22(18,20)21/h5,7-8,13H,3-4,6,9-12H2,1-2H3. The van der Waals surface area contributed by atoms with Crippen LogP contribution in [0.15, 0.2) is 24.3 Å². The molecule has 0 aromatic heterocycles. The Morgan fingerprint density at radius 3 is 2.45 bits per heavy atom. The molecule has 0 spiro atoms. The van der Waals surface area contributed by atoms with Crippen molar-refractivity contribution >= 4 is 21.6 Å². The van der Waals surface area contributed by atoms with Gasteiger partial charge in [-0.2, -0.15) is 0 Å². The number of hydrogen-bond acceptors (Lipinski definition) is 3. The number of hydrogen-bond donors (Lipinski definition) is 0. The molecule has 2 rings (SSSR count). The summed E-state index contributed by atoms with van der Waals surface area (Å²) in [5.41, 5.74) is 1.15. The van der Waals surface area contributed by atoms with Crippen molar-refractivity contribution in [1.82, 2.24) is 4.90 Å². The third-order valence-corrected chi connectivity index (χ3v) is 5.62. The van der Waals surface area contributed by atoms with Crippen LogP contribution in [0.4, 0.5) is 5.69 Å². The molecule has 0 atom stereocenters. The number of anilines is 1. The van der Waals surface area contributed by atoms with Crippen molar-refractivity contribution < 1.29 is 13.2 Å². The van der Waals surface area contributed by atoms with E-state index in [0.717, 1.165) is 25.9 Å². The molecule has 0 bridgehead atoms. The average molecular weight is 324 g/mol. The number of carbonyl (C=O) groups is 1. The molecular weight excluding hydrogens is 300 g/mol. The van der Waals surface area contributed by atoms with Gasteiger partial charge in [0.15, 0.2) is 0 Å². The van der Waals surface area contributed by atoms with Crippen LogP contribution < -0.4 is 4.31 Å². The first-order chi connectivity index (χ1) is 10.5. The largest absolute Gasteiger partial charge is 0.339 e. The van der Waals surface area contributed by atoms with Crippen molar-refractivity contribution in [3.63, 3.8) is 0 Å². The number of benzene rings is 1. The first kappa shape index (κ1) is 16.8. The van der Waals surface area contributed by atoms with Crippen molar-refractivity contribution in [2.24, 2.45) is 0 Å². The van der Waals surface area contributed by atoms with E-state index >= 15 is 0 Å². The zero-order chi connectivity index (χ0) is 16.2. The van der Waals surface area contributed by atoms with Gasteiger partial charge in [-0.05, 0) is 37.5 Å². The Morgan fingerprint density at radius 1 is 1.23 bits per heavy atom. The van der Waals surface area contributed by atoms with Gasteiger partial charge in [0.2, 0.25) is 10.0 Å². The second-order valence-electron chi connectivity index (χ2n) is 5.58. The normalized spacial score (nSPS) is 16.7. The van der Waals surface area contributed by atoms with Crippen molar-refractivity contribution in [1.29, 1.82) is 0 Å². The zero-order valence-corrected chi connectivity index (χ0v) is 14.1. The van der Waals surface area contributed by atoms with Crippen LogP contribution in [0.25, 0.3) is 0 Å². The second-order valence-corrected chi connectivity index (χ2v) is 7.60. The molecule has 0 aliphatic carbocycles. The first-order valence-corrected chi connectivity index (χ1v) is 9.50. The molecule has 1 heterocycles. The summed E-state index contributed by atoms with van der Waals surface area (Å²) in [6.07, 6.45) is 2.45. The highest BCUT2D eigenvalue weighted by Gasteiger charge is 2.29. The number of sulfonamides is 1. The SMILES string of the molecule is CCCN(CCC)C(=O)c1cccc(N2CCCS2(=O)=O)c1. The molecule has 1 aromatic rings. The van der Waals surface area contributed by atoms with Crippen molar-refractivity contribution in [3.05, 3.63) is 29.8 Å². The number of amides is 1. The van der Waals surface area contributed by atoms with Crippen molar-refractivity contribution in [2.45, 2.75) is 33.1 Å². The van der Waals surface area contributed by atoms with Gasteiger partial charge in [0.25, 0.3) is 5.91 Å². The monoisotopic (exact) mass is 324 g/mol. The van der Waals surface area contributed by atoms with Crippen LogP contribution in [0.2, 0.25) is 0 Å². The van der Waals surface area contributed by atoms with E-state index in [4.69, 9.17) is 0 Å². The minimum Gasteiger partial charge on any atom is -0.339 e. The van der Waals surface area contributed by atoms with Gasteiger partial charge in [-0.15, -0.1) is 0 Å². The summed E-state index contributed by atoms with van der Waals surface area (Å²) in [5.74, 6) is 0.158. The Morgan fingerprint density at radius 2 is 1.91 bits per heavy atom. The fourth-order valence-corrected chi connectivity index (χ4v) is 4.32. The van der Waals surface area contributed by atoms with Crippen molar-refractivity contribution in [3.8, 4) is 0 Å². The second kappa shape index (κ2) is 7.13. The molecule has 1 fully saturated rings. The van der Waals surface area contributed by atoms with Crippen molar-refractivity contribution in [2.75, 3.05) is 29.7 Å². The molecule has 0 saturated carbocycles. The lowest BCUT2D eigenvalue weighted by molar-refractivity contribution is 0.0755. The molecule has 1 amide bonds. The summed E-state index contributed by atoms with van der Waals surface area (Å²) in [6.45, 7) is 6.03. The molecule has 1 saturated heterocycles. The van der Waals surface area contributed by atoms with Gasteiger partial charge in [-0.3, -0.25) is 9.10 Å². The van der Waals surface area contributed by atoms with E-state index in [9.17, 15) is 13.2 Å². The highest BCUT2D eigenvalue weighted by molar-refractivity contribution is 7.93. The van der Waals surface area contributed by atoms with Gasteiger partial charge >= 0.3 is 0 Å². The lowest BCUT2D eigenvalue weighted by Gasteiger charge is -2.23. The van der Waals surface area contributed by atoms with Gasteiger partial charge in [0, 0.05) is 25.2 Å². The molecule has 5 nitrogen and oxygen atoms in total. The highest BCUT2D eigenvalue weighted by Crippen LogP contribution is 2.25. The maximum atomic E-state index is 12.6. The van der Waals surface area contributed by atoms with Crippen LogP contribution in [0, 0.1) is 0 Å².